The number of nitrogens with one attached hydrogen (secondary N) is 2. The Morgan fingerprint density at radius 2 is 1.96 bits per heavy atom. The molecule has 142 valence electrons. The summed E-state index contributed by atoms with van der Waals surface area (Å²) in [5.41, 5.74) is 2.94. The molecular formula is C21H22BrClN2O2. The van der Waals surface area contributed by atoms with Gasteiger partial charge in [-0.3, -0.25) is 4.79 Å². The fourth-order valence-corrected chi connectivity index (χ4v) is 3.29. The van der Waals surface area contributed by atoms with Gasteiger partial charge in [0.25, 0.3) is 5.91 Å². The van der Waals surface area contributed by atoms with Crippen LogP contribution in [0.2, 0.25) is 5.02 Å². The molecule has 0 radical (unpaired) electrons. The van der Waals surface area contributed by atoms with Crippen molar-refractivity contribution in [2.24, 2.45) is 0 Å². The second-order valence-electron chi connectivity index (χ2n) is 6.28. The number of aromatic nitrogens is 1. The third kappa shape index (κ3) is 5.50. The minimum Gasteiger partial charge on any atom is -0.494 e. The van der Waals surface area contributed by atoms with Gasteiger partial charge in [-0.25, -0.2) is 0 Å². The first kappa shape index (κ1) is 19.8. The summed E-state index contributed by atoms with van der Waals surface area (Å²) in [5, 5.41) is 5.76. The monoisotopic (exact) mass is 448 g/mol. The Kier molecular flexibility index (Phi) is 7.18. The van der Waals surface area contributed by atoms with Gasteiger partial charge in [0, 0.05) is 39.6 Å². The van der Waals surface area contributed by atoms with Gasteiger partial charge in [-0.1, -0.05) is 27.5 Å². The number of aromatic amines is 1. The lowest BCUT2D eigenvalue weighted by Gasteiger charge is -2.07. The zero-order valence-corrected chi connectivity index (χ0v) is 17.3. The summed E-state index contributed by atoms with van der Waals surface area (Å²) in [5.74, 6) is 0.717. The van der Waals surface area contributed by atoms with Crippen molar-refractivity contribution in [3.05, 3.63) is 64.8 Å². The Morgan fingerprint density at radius 3 is 2.74 bits per heavy atom. The van der Waals surface area contributed by atoms with Crippen molar-refractivity contribution in [3.63, 3.8) is 0 Å². The summed E-state index contributed by atoms with van der Waals surface area (Å²) < 4.78 is 5.59. The van der Waals surface area contributed by atoms with E-state index in [4.69, 9.17) is 16.3 Å². The Morgan fingerprint density at radius 1 is 1.15 bits per heavy atom. The molecule has 0 spiro atoms. The normalized spacial score (nSPS) is 10.9. The number of fused-ring (bicyclic) bond motifs is 1. The van der Waals surface area contributed by atoms with Gasteiger partial charge >= 0.3 is 0 Å². The Balaban J connectivity index is 1.45. The maximum absolute atomic E-state index is 12.3. The zero-order valence-electron chi connectivity index (χ0n) is 14.9. The van der Waals surface area contributed by atoms with Crippen LogP contribution in [0.1, 0.15) is 28.8 Å². The maximum atomic E-state index is 12.3. The number of hydrogen-bond donors (Lipinski definition) is 2. The van der Waals surface area contributed by atoms with Crippen molar-refractivity contribution in [2.75, 3.05) is 18.5 Å². The molecule has 2 aromatic carbocycles. The summed E-state index contributed by atoms with van der Waals surface area (Å²) in [6.07, 6.45) is 4.70. The molecule has 0 bridgehead atoms. The molecule has 0 aliphatic rings. The predicted octanol–water partition coefficient (Wildman–Crippen LogP) is 5.35. The van der Waals surface area contributed by atoms with Crippen LogP contribution in [0.3, 0.4) is 0 Å². The van der Waals surface area contributed by atoms with Gasteiger partial charge in [-0.15, -0.1) is 0 Å². The smallest absolute Gasteiger partial charge is 0.251 e. The first-order chi connectivity index (χ1) is 13.2. The van der Waals surface area contributed by atoms with E-state index in [2.05, 4.69) is 26.2 Å². The number of H-pyrrole nitrogens is 1. The van der Waals surface area contributed by atoms with Crippen molar-refractivity contribution in [1.29, 1.82) is 0 Å². The SMILES string of the molecule is O=C(NCCCc1c[nH]c2ccc(Cl)cc12)c1ccc(OCCCBr)cc1. The molecule has 1 heterocycles. The molecule has 3 rings (SSSR count). The summed E-state index contributed by atoms with van der Waals surface area (Å²) >= 11 is 9.45. The summed E-state index contributed by atoms with van der Waals surface area (Å²) in [6.45, 7) is 1.28. The number of ether oxygens (including phenoxy) is 1. The second kappa shape index (κ2) is 9.81. The Labute approximate surface area is 172 Å². The molecule has 0 saturated heterocycles. The van der Waals surface area contributed by atoms with Crippen LogP contribution < -0.4 is 10.1 Å². The number of hydrogen-bond acceptors (Lipinski definition) is 2. The van der Waals surface area contributed by atoms with E-state index in [9.17, 15) is 4.79 Å². The standard InChI is InChI=1S/C21H22BrClN2O2/c22-10-2-12-27-18-7-4-15(5-8-18)21(26)24-11-1-3-16-14-25-20-9-6-17(23)13-19(16)20/h4-9,13-14,25H,1-3,10-12H2,(H,24,26). The van der Waals surface area contributed by atoms with Crippen LogP contribution >= 0.6 is 27.5 Å². The lowest BCUT2D eigenvalue weighted by atomic mass is 10.1. The van der Waals surface area contributed by atoms with Crippen LogP contribution in [-0.4, -0.2) is 29.4 Å². The minimum atomic E-state index is -0.0658. The van der Waals surface area contributed by atoms with Crippen LogP contribution in [0.4, 0.5) is 0 Å². The maximum Gasteiger partial charge on any atom is 0.251 e. The van der Waals surface area contributed by atoms with E-state index >= 15 is 0 Å². The van der Waals surface area contributed by atoms with Gasteiger partial charge in [0.2, 0.25) is 0 Å². The van der Waals surface area contributed by atoms with E-state index in [1.165, 1.54) is 5.56 Å². The molecule has 0 saturated carbocycles. The van der Waals surface area contributed by atoms with Crippen molar-refractivity contribution in [3.8, 4) is 5.75 Å². The molecular weight excluding hydrogens is 428 g/mol. The van der Waals surface area contributed by atoms with E-state index < -0.39 is 0 Å². The molecule has 0 atom stereocenters. The molecule has 0 aliphatic heterocycles. The van der Waals surface area contributed by atoms with Crippen LogP contribution in [0.5, 0.6) is 5.75 Å². The molecule has 1 aromatic heterocycles. The van der Waals surface area contributed by atoms with Crippen LogP contribution in [-0.2, 0) is 6.42 Å². The van der Waals surface area contributed by atoms with Crippen molar-refractivity contribution in [1.82, 2.24) is 10.3 Å². The van der Waals surface area contributed by atoms with E-state index in [1.807, 2.05) is 36.5 Å². The highest BCUT2D eigenvalue weighted by molar-refractivity contribution is 9.09. The van der Waals surface area contributed by atoms with Crippen LogP contribution in [0.15, 0.2) is 48.7 Å². The number of rotatable bonds is 9. The number of aryl methyl sites for hydroxylation is 1. The fraction of sp³-hybridized carbons (Fsp3) is 0.286. The fourth-order valence-electron chi connectivity index (χ4n) is 2.89. The van der Waals surface area contributed by atoms with Crippen molar-refractivity contribution in [2.45, 2.75) is 19.3 Å². The summed E-state index contributed by atoms with van der Waals surface area (Å²) in [6, 6.07) is 13.1. The summed E-state index contributed by atoms with van der Waals surface area (Å²) in [4.78, 5) is 15.5. The van der Waals surface area contributed by atoms with E-state index in [0.717, 1.165) is 46.3 Å². The average Bonchev–Trinajstić information content (AvgIpc) is 3.08. The van der Waals surface area contributed by atoms with Gasteiger partial charge < -0.3 is 15.0 Å². The topological polar surface area (TPSA) is 54.1 Å². The van der Waals surface area contributed by atoms with Crippen LogP contribution in [0.25, 0.3) is 10.9 Å². The first-order valence-electron chi connectivity index (χ1n) is 9.00. The molecule has 0 unspecified atom stereocenters. The van der Waals surface area contributed by atoms with Gasteiger partial charge in [0.1, 0.15) is 5.75 Å². The zero-order chi connectivity index (χ0) is 19.1. The Bertz CT molecular complexity index is 893. The van der Waals surface area contributed by atoms with E-state index in [0.29, 0.717) is 18.7 Å². The molecule has 2 N–H and O–H groups in total. The highest BCUT2D eigenvalue weighted by Crippen LogP contribution is 2.23. The lowest BCUT2D eigenvalue weighted by Crippen LogP contribution is -2.24. The highest BCUT2D eigenvalue weighted by atomic mass is 79.9. The van der Waals surface area contributed by atoms with Gasteiger partial charge in [-0.2, -0.15) is 0 Å². The number of amides is 1. The van der Waals surface area contributed by atoms with Gasteiger partial charge in [0.05, 0.1) is 6.61 Å². The molecule has 1 amide bonds. The molecule has 4 nitrogen and oxygen atoms in total. The summed E-state index contributed by atoms with van der Waals surface area (Å²) in [7, 11) is 0. The van der Waals surface area contributed by atoms with Crippen LogP contribution in [0, 0.1) is 0 Å². The number of halogens is 2. The predicted molar refractivity (Wildman–Crippen MR) is 114 cm³/mol. The quantitative estimate of drug-likeness (QED) is 0.342. The third-order valence-electron chi connectivity index (χ3n) is 4.30. The van der Waals surface area contributed by atoms with Gasteiger partial charge in [0.15, 0.2) is 0 Å². The van der Waals surface area contributed by atoms with Crippen molar-refractivity contribution < 1.29 is 9.53 Å². The number of carbonyl (C=O) groups is 1. The molecule has 6 heteroatoms. The number of benzene rings is 2. The second-order valence-corrected chi connectivity index (χ2v) is 7.51. The highest BCUT2D eigenvalue weighted by Gasteiger charge is 2.07. The van der Waals surface area contributed by atoms with Crippen molar-refractivity contribution >= 4 is 44.3 Å². The number of carbonyl (C=O) groups excluding carboxylic acids is 1. The number of alkyl halides is 1. The van der Waals surface area contributed by atoms with E-state index in [-0.39, 0.29) is 5.91 Å². The third-order valence-corrected chi connectivity index (χ3v) is 5.10. The molecule has 27 heavy (non-hydrogen) atoms. The molecule has 3 aromatic rings. The molecule has 0 aliphatic carbocycles. The Hall–Kier alpha value is -1.98. The minimum absolute atomic E-state index is 0.0658. The average molecular weight is 450 g/mol. The molecule has 0 fully saturated rings. The van der Waals surface area contributed by atoms with Gasteiger partial charge in [-0.05, 0) is 67.3 Å². The first-order valence-corrected chi connectivity index (χ1v) is 10.5. The van der Waals surface area contributed by atoms with E-state index in [1.54, 1.807) is 12.1 Å². The largest absolute Gasteiger partial charge is 0.494 e. The lowest BCUT2D eigenvalue weighted by molar-refractivity contribution is 0.0953.